The van der Waals surface area contributed by atoms with Crippen LogP contribution >= 0.6 is 0 Å². The molecule has 0 unspecified atom stereocenters. The second kappa shape index (κ2) is 8.09. The number of halogens is 1. The molecule has 0 radical (unpaired) electrons. The fourth-order valence-electron chi connectivity index (χ4n) is 1.83. The predicted octanol–water partition coefficient (Wildman–Crippen LogP) is 1.52. The molecule has 0 saturated carbocycles. The van der Waals surface area contributed by atoms with Crippen LogP contribution in [0.5, 0.6) is 5.75 Å². The van der Waals surface area contributed by atoms with Gasteiger partial charge in [0.25, 0.3) is 0 Å². The number of nitrogens with zero attached hydrogens (tertiary/aromatic N) is 3. The Hall–Kier alpha value is -2.90. The number of hydrogen-bond acceptors (Lipinski definition) is 4. The molecular weight excluding hydrogens is 315 g/mol. The number of anilines is 1. The number of rotatable bonds is 7. The second-order valence-corrected chi connectivity index (χ2v) is 5.29. The van der Waals surface area contributed by atoms with E-state index in [1.807, 2.05) is 0 Å². The number of aromatic nitrogens is 2. The number of hydrogen-bond donors (Lipinski definition) is 1. The quantitative estimate of drug-likeness (QED) is 0.833. The Morgan fingerprint density at radius 2 is 2.08 bits per heavy atom. The summed E-state index contributed by atoms with van der Waals surface area (Å²) in [6.07, 6.45) is 3.09. The molecule has 0 spiro atoms. The Kier molecular flexibility index (Phi) is 5.89. The van der Waals surface area contributed by atoms with E-state index in [1.165, 1.54) is 27.9 Å². The van der Waals surface area contributed by atoms with E-state index < -0.39 is 5.82 Å². The van der Waals surface area contributed by atoms with Gasteiger partial charge in [-0.2, -0.15) is 5.10 Å². The molecule has 0 fully saturated rings. The Bertz CT molecular complexity index is 715. The highest BCUT2D eigenvalue weighted by atomic mass is 19.1. The number of carbonyl (C=O) groups excluding carboxylic acids is 2. The second-order valence-electron chi connectivity index (χ2n) is 5.29. The van der Waals surface area contributed by atoms with E-state index >= 15 is 0 Å². The molecule has 0 saturated heterocycles. The molecule has 128 valence electrons. The molecule has 0 aliphatic carbocycles. The largest absolute Gasteiger partial charge is 0.490 e. The van der Waals surface area contributed by atoms with Gasteiger partial charge in [0.2, 0.25) is 11.8 Å². The van der Waals surface area contributed by atoms with Crippen LogP contribution in [0.25, 0.3) is 0 Å². The van der Waals surface area contributed by atoms with E-state index in [9.17, 15) is 14.0 Å². The monoisotopic (exact) mass is 334 g/mol. The van der Waals surface area contributed by atoms with E-state index in [2.05, 4.69) is 10.4 Å². The number of amides is 2. The lowest BCUT2D eigenvalue weighted by molar-refractivity contribution is -0.129. The number of ether oxygens (including phenoxy) is 1. The number of likely N-dealkylation sites (N-methyl/N-ethyl adjacent to an activating group) is 1. The minimum Gasteiger partial charge on any atom is -0.490 e. The van der Waals surface area contributed by atoms with Gasteiger partial charge in [0.1, 0.15) is 6.54 Å². The highest BCUT2D eigenvalue weighted by molar-refractivity contribution is 5.90. The van der Waals surface area contributed by atoms with Crippen molar-refractivity contribution in [2.45, 2.75) is 13.0 Å². The van der Waals surface area contributed by atoms with Gasteiger partial charge < -0.3 is 15.0 Å². The molecule has 1 N–H and O–H groups in total. The minimum absolute atomic E-state index is 0.0556. The lowest BCUT2D eigenvalue weighted by Crippen LogP contribution is -2.26. The summed E-state index contributed by atoms with van der Waals surface area (Å²) in [7, 11) is 3.31. The zero-order chi connectivity index (χ0) is 17.5. The third kappa shape index (κ3) is 5.08. The van der Waals surface area contributed by atoms with Crippen molar-refractivity contribution in [2.75, 3.05) is 26.0 Å². The van der Waals surface area contributed by atoms with Crippen LogP contribution in [0.3, 0.4) is 0 Å². The Balaban J connectivity index is 1.77. The van der Waals surface area contributed by atoms with Gasteiger partial charge in [-0.25, -0.2) is 4.39 Å². The molecule has 24 heavy (non-hydrogen) atoms. The van der Waals surface area contributed by atoms with Crippen molar-refractivity contribution >= 4 is 17.5 Å². The van der Waals surface area contributed by atoms with Crippen molar-refractivity contribution in [3.05, 3.63) is 42.5 Å². The van der Waals surface area contributed by atoms with Crippen LogP contribution < -0.4 is 10.1 Å². The van der Waals surface area contributed by atoms with Crippen LogP contribution in [0, 0.1) is 5.82 Å². The third-order valence-electron chi connectivity index (χ3n) is 3.14. The van der Waals surface area contributed by atoms with Crippen molar-refractivity contribution in [2.24, 2.45) is 0 Å². The van der Waals surface area contributed by atoms with Crippen molar-refractivity contribution in [1.82, 2.24) is 14.7 Å². The Morgan fingerprint density at radius 3 is 2.79 bits per heavy atom. The number of para-hydroxylation sites is 1. The van der Waals surface area contributed by atoms with Gasteiger partial charge in [0.05, 0.1) is 24.9 Å². The molecule has 0 aliphatic heterocycles. The fourth-order valence-corrected chi connectivity index (χ4v) is 1.83. The predicted molar refractivity (Wildman–Crippen MR) is 86.1 cm³/mol. The summed E-state index contributed by atoms with van der Waals surface area (Å²) in [4.78, 5) is 24.9. The highest BCUT2D eigenvalue weighted by Crippen LogP contribution is 2.15. The van der Waals surface area contributed by atoms with Crippen LogP contribution in [0.15, 0.2) is 36.7 Å². The standard InChI is InChI=1S/C16H19FN4O3/c1-20(2)16(23)11-21-10-12(9-18-21)19-15(22)7-8-24-14-6-4-3-5-13(14)17/h3-6,9-10H,7-8,11H2,1-2H3,(H,19,22). The third-order valence-corrected chi connectivity index (χ3v) is 3.14. The summed E-state index contributed by atoms with van der Waals surface area (Å²) >= 11 is 0. The summed E-state index contributed by atoms with van der Waals surface area (Å²) in [5, 5.41) is 6.65. The van der Waals surface area contributed by atoms with Crippen LogP contribution in [0.4, 0.5) is 10.1 Å². The van der Waals surface area contributed by atoms with Crippen LogP contribution in [-0.2, 0) is 16.1 Å². The van der Waals surface area contributed by atoms with Crippen molar-refractivity contribution < 1.29 is 18.7 Å². The minimum atomic E-state index is -0.468. The van der Waals surface area contributed by atoms with Crippen LogP contribution in [0.1, 0.15) is 6.42 Å². The molecule has 7 nitrogen and oxygen atoms in total. The maximum absolute atomic E-state index is 13.4. The lowest BCUT2D eigenvalue weighted by Gasteiger charge is -2.09. The molecule has 1 aromatic heterocycles. The summed E-state index contributed by atoms with van der Waals surface area (Å²) in [5.41, 5.74) is 0.484. The lowest BCUT2D eigenvalue weighted by atomic mass is 10.3. The average Bonchev–Trinajstić information content (AvgIpc) is 2.96. The zero-order valence-corrected chi connectivity index (χ0v) is 13.5. The summed E-state index contributed by atoms with van der Waals surface area (Å²) in [6, 6.07) is 6.01. The first-order valence-electron chi connectivity index (χ1n) is 7.35. The van der Waals surface area contributed by atoms with E-state index in [4.69, 9.17) is 4.74 Å². The molecule has 0 atom stereocenters. The van der Waals surface area contributed by atoms with Crippen LogP contribution in [-0.4, -0.2) is 47.2 Å². The van der Waals surface area contributed by atoms with Gasteiger partial charge >= 0.3 is 0 Å². The van der Waals surface area contributed by atoms with Crippen molar-refractivity contribution in [3.8, 4) is 5.75 Å². The van der Waals surface area contributed by atoms with Crippen LogP contribution in [0.2, 0.25) is 0 Å². The molecule has 0 bridgehead atoms. The highest BCUT2D eigenvalue weighted by Gasteiger charge is 2.09. The summed E-state index contributed by atoms with van der Waals surface area (Å²) < 4.78 is 20.0. The Labute approximate surface area is 139 Å². The molecule has 2 aromatic rings. The van der Waals surface area contributed by atoms with Gasteiger partial charge in [-0.15, -0.1) is 0 Å². The SMILES string of the molecule is CN(C)C(=O)Cn1cc(NC(=O)CCOc2ccccc2F)cn1. The molecule has 2 amide bonds. The van der Waals surface area contributed by atoms with E-state index in [0.29, 0.717) is 5.69 Å². The van der Waals surface area contributed by atoms with Gasteiger partial charge in [0.15, 0.2) is 11.6 Å². The number of nitrogens with one attached hydrogen (secondary N) is 1. The van der Waals surface area contributed by atoms with Crippen molar-refractivity contribution in [1.29, 1.82) is 0 Å². The topological polar surface area (TPSA) is 76.5 Å². The molecule has 2 rings (SSSR count). The smallest absolute Gasteiger partial charge is 0.243 e. The van der Waals surface area contributed by atoms with Gasteiger partial charge in [0, 0.05) is 20.3 Å². The zero-order valence-electron chi connectivity index (χ0n) is 13.5. The number of carbonyl (C=O) groups is 2. The Morgan fingerprint density at radius 1 is 1.33 bits per heavy atom. The van der Waals surface area contributed by atoms with Crippen molar-refractivity contribution in [3.63, 3.8) is 0 Å². The normalized spacial score (nSPS) is 10.3. The van der Waals surface area contributed by atoms with Gasteiger partial charge in [-0.05, 0) is 12.1 Å². The molecule has 8 heteroatoms. The van der Waals surface area contributed by atoms with E-state index in [1.54, 1.807) is 32.4 Å². The fraction of sp³-hybridized carbons (Fsp3) is 0.312. The van der Waals surface area contributed by atoms with E-state index in [-0.39, 0.29) is 37.1 Å². The first-order valence-corrected chi connectivity index (χ1v) is 7.35. The first-order chi connectivity index (χ1) is 11.5. The molecule has 1 heterocycles. The molecule has 0 aliphatic rings. The number of benzene rings is 1. The summed E-state index contributed by atoms with van der Waals surface area (Å²) in [6.45, 7) is 0.152. The maximum Gasteiger partial charge on any atom is 0.243 e. The molecule has 1 aromatic carbocycles. The van der Waals surface area contributed by atoms with E-state index in [0.717, 1.165) is 0 Å². The molecular formula is C16H19FN4O3. The van der Waals surface area contributed by atoms with Gasteiger partial charge in [-0.1, -0.05) is 12.1 Å². The average molecular weight is 334 g/mol. The maximum atomic E-state index is 13.4. The van der Waals surface area contributed by atoms with Gasteiger partial charge in [-0.3, -0.25) is 14.3 Å². The first kappa shape index (κ1) is 17.5. The summed E-state index contributed by atoms with van der Waals surface area (Å²) in [5.74, 6) is -0.746.